The van der Waals surface area contributed by atoms with Crippen LogP contribution < -0.4 is 5.43 Å². The first-order valence-corrected chi connectivity index (χ1v) is 5.67. The molecular weight excluding hydrogens is 319 g/mol. The lowest BCUT2D eigenvalue weighted by molar-refractivity contribution is -0.140. The molecule has 0 unspecified atom stereocenters. The molecule has 0 spiro atoms. The molecular formula is C10H9BrF3NO3. The Labute approximate surface area is 108 Å². The smallest absolute Gasteiger partial charge is 0.406 e. The molecule has 1 aromatic rings. The molecule has 100 valence electrons. The molecule has 4 nitrogen and oxygen atoms in total. The summed E-state index contributed by atoms with van der Waals surface area (Å²) in [6, 6.07) is 0. The molecule has 0 fully saturated rings. The van der Waals surface area contributed by atoms with Crippen LogP contribution in [0.3, 0.4) is 0 Å². The van der Waals surface area contributed by atoms with Crippen LogP contribution in [-0.4, -0.2) is 23.3 Å². The fraction of sp³-hybridized carbons (Fsp3) is 0.400. The molecule has 0 aliphatic heterocycles. The third-order valence-electron chi connectivity index (χ3n) is 1.89. The molecule has 0 aliphatic rings. The lowest BCUT2D eigenvalue weighted by Gasteiger charge is -2.11. The summed E-state index contributed by atoms with van der Waals surface area (Å²) in [4.78, 5) is 23.0. The average Bonchev–Trinajstić information content (AvgIpc) is 2.21. The number of alkyl halides is 3. The van der Waals surface area contributed by atoms with Gasteiger partial charge in [-0.2, -0.15) is 13.2 Å². The molecule has 1 aromatic heterocycles. The van der Waals surface area contributed by atoms with E-state index in [-0.39, 0.29) is 11.1 Å². The fourth-order valence-corrected chi connectivity index (χ4v) is 1.72. The normalized spacial score (nSPS) is 11.4. The number of nitrogens with zero attached hydrogens (tertiary/aromatic N) is 1. The highest BCUT2D eigenvalue weighted by Gasteiger charge is 2.28. The Hall–Kier alpha value is -1.31. The fourth-order valence-electron chi connectivity index (χ4n) is 1.25. The number of hydrogen-bond donors (Lipinski definition) is 0. The van der Waals surface area contributed by atoms with Gasteiger partial charge in [-0.1, -0.05) is 0 Å². The minimum atomic E-state index is -4.44. The summed E-state index contributed by atoms with van der Waals surface area (Å²) in [6.07, 6.45) is -2.64. The van der Waals surface area contributed by atoms with Gasteiger partial charge in [-0.3, -0.25) is 4.79 Å². The van der Waals surface area contributed by atoms with Crippen LogP contribution in [0.1, 0.15) is 17.3 Å². The van der Waals surface area contributed by atoms with Crippen LogP contribution in [0.2, 0.25) is 0 Å². The quantitative estimate of drug-likeness (QED) is 0.801. The SMILES string of the molecule is CCOC(=O)c1cn(CC(F)(F)F)cc(Br)c1=O. The molecule has 0 radical (unpaired) electrons. The van der Waals surface area contributed by atoms with E-state index in [1.54, 1.807) is 0 Å². The minimum absolute atomic E-state index is 0.0318. The summed E-state index contributed by atoms with van der Waals surface area (Å²) in [7, 11) is 0. The van der Waals surface area contributed by atoms with Crippen LogP contribution in [0, 0.1) is 0 Å². The van der Waals surface area contributed by atoms with Crippen LogP contribution in [0.15, 0.2) is 21.7 Å². The highest BCUT2D eigenvalue weighted by Crippen LogP contribution is 2.18. The van der Waals surface area contributed by atoms with Crippen molar-refractivity contribution in [2.45, 2.75) is 19.6 Å². The van der Waals surface area contributed by atoms with Gasteiger partial charge in [-0.05, 0) is 22.9 Å². The lowest BCUT2D eigenvalue weighted by atomic mass is 10.2. The van der Waals surface area contributed by atoms with E-state index in [9.17, 15) is 22.8 Å². The Balaban J connectivity index is 3.19. The van der Waals surface area contributed by atoms with E-state index in [1.807, 2.05) is 0 Å². The molecule has 1 heterocycles. The van der Waals surface area contributed by atoms with Gasteiger partial charge in [0.2, 0.25) is 5.43 Å². The molecule has 0 atom stereocenters. The first-order chi connectivity index (χ1) is 8.24. The van der Waals surface area contributed by atoms with Crippen molar-refractivity contribution in [1.29, 1.82) is 0 Å². The van der Waals surface area contributed by atoms with Gasteiger partial charge in [0.15, 0.2) is 0 Å². The predicted molar refractivity (Wildman–Crippen MR) is 60.4 cm³/mol. The first kappa shape index (κ1) is 14.7. The third kappa shape index (κ3) is 3.86. The van der Waals surface area contributed by atoms with Crippen LogP contribution in [0.4, 0.5) is 13.2 Å². The lowest BCUT2D eigenvalue weighted by Crippen LogP contribution is -2.24. The van der Waals surface area contributed by atoms with Gasteiger partial charge in [0, 0.05) is 12.4 Å². The predicted octanol–water partition coefficient (Wildman–Crippen LogP) is 2.35. The first-order valence-electron chi connectivity index (χ1n) is 4.88. The average molecular weight is 328 g/mol. The zero-order valence-corrected chi connectivity index (χ0v) is 10.8. The summed E-state index contributed by atoms with van der Waals surface area (Å²) in [5.74, 6) is -0.945. The largest absolute Gasteiger partial charge is 0.462 e. The highest BCUT2D eigenvalue weighted by molar-refractivity contribution is 9.10. The number of carbonyl (C=O) groups excluding carboxylic acids is 1. The molecule has 0 saturated heterocycles. The third-order valence-corrected chi connectivity index (χ3v) is 2.46. The topological polar surface area (TPSA) is 48.3 Å². The van der Waals surface area contributed by atoms with E-state index in [2.05, 4.69) is 20.7 Å². The molecule has 0 amide bonds. The summed E-state index contributed by atoms with van der Waals surface area (Å²) in [6.45, 7) is 0.270. The van der Waals surface area contributed by atoms with Crippen LogP contribution in [0.5, 0.6) is 0 Å². The van der Waals surface area contributed by atoms with Gasteiger partial charge in [0.25, 0.3) is 0 Å². The summed E-state index contributed by atoms with van der Waals surface area (Å²) in [5, 5.41) is 0. The zero-order chi connectivity index (χ0) is 13.9. The van der Waals surface area contributed by atoms with Crippen LogP contribution in [-0.2, 0) is 11.3 Å². The van der Waals surface area contributed by atoms with E-state index in [1.165, 1.54) is 6.92 Å². The maximum Gasteiger partial charge on any atom is 0.406 e. The van der Waals surface area contributed by atoms with Crippen molar-refractivity contribution in [3.05, 3.63) is 32.7 Å². The highest BCUT2D eigenvalue weighted by atomic mass is 79.9. The van der Waals surface area contributed by atoms with E-state index in [0.29, 0.717) is 4.57 Å². The van der Waals surface area contributed by atoms with Gasteiger partial charge in [0.1, 0.15) is 12.1 Å². The van der Waals surface area contributed by atoms with Crippen molar-refractivity contribution in [2.24, 2.45) is 0 Å². The molecule has 0 aromatic carbocycles. The molecule has 0 N–H and O–H groups in total. The number of halogens is 4. The molecule has 1 rings (SSSR count). The van der Waals surface area contributed by atoms with Crippen LogP contribution in [0.25, 0.3) is 0 Å². The second-order valence-corrected chi connectivity index (χ2v) is 4.21. The van der Waals surface area contributed by atoms with Crippen molar-refractivity contribution < 1.29 is 22.7 Å². The molecule has 0 aliphatic carbocycles. The Morgan fingerprint density at radius 3 is 2.56 bits per heavy atom. The number of carbonyl (C=O) groups is 1. The molecule has 18 heavy (non-hydrogen) atoms. The Morgan fingerprint density at radius 2 is 2.06 bits per heavy atom. The standard InChI is InChI=1S/C10H9BrF3NO3/c1-2-18-9(17)6-3-15(5-10(12,13)14)4-7(11)8(6)16/h3-4H,2,5H2,1H3. The van der Waals surface area contributed by atoms with Gasteiger partial charge < -0.3 is 9.30 Å². The number of hydrogen-bond acceptors (Lipinski definition) is 3. The van der Waals surface area contributed by atoms with Crippen molar-refractivity contribution in [1.82, 2.24) is 4.57 Å². The Bertz CT molecular complexity index is 510. The van der Waals surface area contributed by atoms with Gasteiger partial charge >= 0.3 is 12.1 Å². The Morgan fingerprint density at radius 1 is 1.44 bits per heavy atom. The minimum Gasteiger partial charge on any atom is -0.462 e. The van der Waals surface area contributed by atoms with E-state index >= 15 is 0 Å². The van der Waals surface area contributed by atoms with E-state index < -0.39 is 29.7 Å². The maximum atomic E-state index is 12.2. The van der Waals surface area contributed by atoms with Gasteiger partial charge in [-0.25, -0.2) is 4.79 Å². The van der Waals surface area contributed by atoms with Crippen molar-refractivity contribution >= 4 is 21.9 Å². The molecule has 0 saturated carbocycles. The van der Waals surface area contributed by atoms with Crippen molar-refractivity contribution in [3.63, 3.8) is 0 Å². The molecule has 8 heteroatoms. The number of ether oxygens (including phenoxy) is 1. The molecule has 0 bridgehead atoms. The number of aromatic nitrogens is 1. The number of pyridine rings is 1. The second kappa shape index (κ2) is 5.55. The van der Waals surface area contributed by atoms with Gasteiger partial charge in [0.05, 0.1) is 11.1 Å². The van der Waals surface area contributed by atoms with Crippen molar-refractivity contribution in [2.75, 3.05) is 6.61 Å². The number of esters is 1. The summed E-state index contributed by atoms with van der Waals surface area (Å²) >= 11 is 2.82. The Kier molecular flexibility index (Phi) is 4.55. The second-order valence-electron chi connectivity index (χ2n) is 3.36. The van der Waals surface area contributed by atoms with Crippen LogP contribution >= 0.6 is 15.9 Å². The number of rotatable bonds is 3. The monoisotopic (exact) mass is 327 g/mol. The van der Waals surface area contributed by atoms with Crippen molar-refractivity contribution in [3.8, 4) is 0 Å². The summed E-state index contributed by atoms with van der Waals surface area (Å²) < 4.78 is 41.8. The van der Waals surface area contributed by atoms with E-state index in [0.717, 1.165) is 12.4 Å². The zero-order valence-electron chi connectivity index (χ0n) is 9.25. The van der Waals surface area contributed by atoms with E-state index in [4.69, 9.17) is 0 Å². The van der Waals surface area contributed by atoms with Gasteiger partial charge in [-0.15, -0.1) is 0 Å². The maximum absolute atomic E-state index is 12.2. The summed E-state index contributed by atoms with van der Waals surface area (Å²) in [5.41, 5.74) is -1.14.